The predicted molar refractivity (Wildman–Crippen MR) is 128 cm³/mol. The zero-order valence-corrected chi connectivity index (χ0v) is 19.9. The summed E-state index contributed by atoms with van der Waals surface area (Å²) in [5.41, 5.74) is 7.60. The van der Waals surface area contributed by atoms with E-state index in [4.69, 9.17) is 15.2 Å². The quantitative estimate of drug-likeness (QED) is 0.502. The Hall–Kier alpha value is -3.26. The van der Waals surface area contributed by atoms with E-state index >= 15 is 0 Å². The second-order valence-corrected chi connectivity index (χ2v) is 9.35. The monoisotopic (exact) mass is 449 g/mol. The zero-order valence-electron chi connectivity index (χ0n) is 19.9. The molecule has 3 N–H and O–H groups in total. The average molecular weight is 450 g/mol. The van der Waals surface area contributed by atoms with E-state index < -0.39 is 11.1 Å². The first-order valence-electron chi connectivity index (χ1n) is 11.3. The molecule has 3 aromatic heterocycles. The first-order chi connectivity index (χ1) is 15.6. The van der Waals surface area contributed by atoms with Crippen LogP contribution in [-0.2, 0) is 16.7 Å². The van der Waals surface area contributed by atoms with Gasteiger partial charge in [-0.1, -0.05) is 13.8 Å². The summed E-state index contributed by atoms with van der Waals surface area (Å²) >= 11 is 0. The van der Waals surface area contributed by atoms with Gasteiger partial charge in [-0.3, -0.25) is 0 Å². The molecule has 1 aliphatic heterocycles. The van der Waals surface area contributed by atoms with Crippen LogP contribution in [0.15, 0.2) is 30.6 Å². The summed E-state index contributed by atoms with van der Waals surface area (Å²) < 4.78 is 11.3. The molecule has 8 nitrogen and oxygen atoms in total. The fourth-order valence-corrected chi connectivity index (χ4v) is 3.91. The maximum Gasteiger partial charge on any atom is 0.340 e. The SMILES string of the molecule is CCCOc1ncc([C@@](C)(N)CC)c2cc(Nc3ccc4c(n3)CC(C)(C)OC4=O)ncc12. The van der Waals surface area contributed by atoms with Crippen LogP contribution in [0.2, 0.25) is 0 Å². The van der Waals surface area contributed by atoms with E-state index in [9.17, 15) is 4.79 Å². The van der Waals surface area contributed by atoms with Gasteiger partial charge in [0.1, 0.15) is 17.2 Å². The third-order valence-corrected chi connectivity index (χ3v) is 5.94. The number of hydrogen-bond acceptors (Lipinski definition) is 8. The molecule has 33 heavy (non-hydrogen) atoms. The lowest BCUT2D eigenvalue weighted by Crippen LogP contribution is -2.36. The molecule has 0 radical (unpaired) electrons. The maximum absolute atomic E-state index is 12.3. The molecule has 1 atom stereocenters. The number of fused-ring (bicyclic) bond motifs is 2. The molecule has 0 aliphatic carbocycles. The van der Waals surface area contributed by atoms with Gasteiger partial charge in [0.25, 0.3) is 0 Å². The zero-order chi connectivity index (χ0) is 23.8. The Kier molecular flexibility index (Phi) is 5.97. The van der Waals surface area contributed by atoms with Gasteiger partial charge in [-0.05, 0) is 62.8 Å². The number of aromatic nitrogens is 3. The Morgan fingerprint density at radius 1 is 1.18 bits per heavy atom. The van der Waals surface area contributed by atoms with Crippen LogP contribution < -0.4 is 15.8 Å². The molecule has 0 spiro atoms. The van der Waals surface area contributed by atoms with Crippen LogP contribution in [0.3, 0.4) is 0 Å². The topological polar surface area (TPSA) is 112 Å². The summed E-state index contributed by atoms with van der Waals surface area (Å²) in [4.78, 5) is 26.0. The van der Waals surface area contributed by atoms with Crippen LogP contribution in [0.4, 0.5) is 11.6 Å². The molecule has 0 amide bonds. The van der Waals surface area contributed by atoms with E-state index in [-0.39, 0.29) is 5.97 Å². The number of nitrogens with one attached hydrogen (secondary N) is 1. The normalized spacial score (nSPS) is 16.6. The van der Waals surface area contributed by atoms with Crippen LogP contribution in [0.25, 0.3) is 10.8 Å². The molecule has 0 fully saturated rings. The molecule has 0 saturated heterocycles. The fourth-order valence-electron chi connectivity index (χ4n) is 3.91. The minimum absolute atomic E-state index is 0.345. The van der Waals surface area contributed by atoms with E-state index in [1.54, 1.807) is 24.5 Å². The van der Waals surface area contributed by atoms with E-state index in [0.717, 1.165) is 29.2 Å². The number of carbonyl (C=O) groups excluding carboxylic acids is 1. The Labute approximate surface area is 193 Å². The highest BCUT2D eigenvalue weighted by Gasteiger charge is 2.33. The molecule has 0 aromatic carbocycles. The number of ether oxygens (including phenoxy) is 2. The van der Waals surface area contributed by atoms with Crippen LogP contribution in [-0.4, -0.2) is 33.1 Å². The third kappa shape index (κ3) is 4.61. The molecule has 0 saturated carbocycles. The van der Waals surface area contributed by atoms with Gasteiger partial charge in [0, 0.05) is 24.4 Å². The number of anilines is 2. The van der Waals surface area contributed by atoms with Crippen molar-refractivity contribution >= 4 is 28.4 Å². The van der Waals surface area contributed by atoms with Gasteiger partial charge < -0.3 is 20.5 Å². The largest absolute Gasteiger partial charge is 0.477 e. The van der Waals surface area contributed by atoms with Gasteiger partial charge in [0.2, 0.25) is 5.88 Å². The average Bonchev–Trinajstić information content (AvgIpc) is 2.76. The van der Waals surface area contributed by atoms with E-state index in [2.05, 4.69) is 34.1 Å². The summed E-state index contributed by atoms with van der Waals surface area (Å²) in [6.45, 7) is 10.4. The Bertz CT molecular complexity index is 1210. The smallest absolute Gasteiger partial charge is 0.340 e. The number of rotatable bonds is 7. The highest BCUT2D eigenvalue weighted by Crippen LogP contribution is 2.34. The molecule has 174 valence electrons. The number of cyclic esters (lactones) is 1. The molecule has 0 unspecified atom stereocenters. The molecular weight excluding hydrogens is 418 g/mol. The molecule has 4 heterocycles. The highest BCUT2D eigenvalue weighted by molar-refractivity contribution is 5.93. The summed E-state index contributed by atoms with van der Waals surface area (Å²) in [5.74, 6) is 1.43. The number of nitrogens with zero attached hydrogens (tertiary/aromatic N) is 3. The van der Waals surface area contributed by atoms with Gasteiger partial charge in [-0.25, -0.2) is 19.7 Å². The van der Waals surface area contributed by atoms with Crippen molar-refractivity contribution in [3.63, 3.8) is 0 Å². The Balaban J connectivity index is 1.73. The van der Waals surface area contributed by atoms with Crippen LogP contribution >= 0.6 is 0 Å². The summed E-state index contributed by atoms with van der Waals surface area (Å²) in [6, 6.07) is 5.45. The summed E-state index contributed by atoms with van der Waals surface area (Å²) in [7, 11) is 0. The van der Waals surface area contributed by atoms with Gasteiger partial charge in [0.05, 0.1) is 23.3 Å². The van der Waals surface area contributed by atoms with Crippen molar-refractivity contribution in [2.75, 3.05) is 11.9 Å². The van der Waals surface area contributed by atoms with Gasteiger partial charge in [0.15, 0.2) is 0 Å². The standard InChI is InChI=1S/C25H31N5O3/c1-6-10-32-22-17-13-27-21(11-16(17)18(14-28-22)25(5,26)7-2)30-20-9-8-15-19(29-20)12-24(3,4)33-23(15)31/h8-9,11,13-14H,6-7,10,12,26H2,1-5H3,(H,27,29,30)/t25-/m0/s1. The van der Waals surface area contributed by atoms with Crippen LogP contribution in [0.1, 0.15) is 69.1 Å². The Morgan fingerprint density at radius 3 is 2.70 bits per heavy atom. The number of esters is 1. The molecule has 8 heteroatoms. The van der Waals surface area contributed by atoms with Crippen molar-refractivity contribution in [3.8, 4) is 5.88 Å². The van der Waals surface area contributed by atoms with Gasteiger partial charge >= 0.3 is 5.97 Å². The van der Waals surface area contributed by atoms with Crippen molar-refractivity contribution in [2.24, 2.45) is 5.73 Å². The lowest BCUT2D eigenvalue weighted by Gasteiger charge is -2.30. The molecule has 4 rings (SSSR count). The number of nitrogens with two attached hydrogens (primary N) is 1. The number of carbonyl (C=O) groups is 1. The second kappa shape index (κ2) is 8.59. The lowest BCUT2D eigenvalue weighted by atomic mass is 9.88. The minimum atomic E-state index is -0.584. The van der Waals surface area contributed by atoms with E-state index in [0.29, 0.717) is 41.8 Å². The van der Waals surface area contributed by atoms with Crippen molar-refractivity contribution < 1.29 is 14.3 Å². The van der Waals surface area contributed by atoms with Gasteiger partial charge in [-0.15, -0.1) is 0 Å². The van der Waals surface area contributed by atoms with Crippen molar-refractivity contribution in [1.29, 1.82) is 0 Å². The van der Waals surface area contributed by atoms with Gasteiger partial charge in [-0.2, -0.15) is 0 Å². The molecule has 1 aliphatic rings. The van der Waals surface area contributed by atoms with E-state index in [1.807, 2.05) is 26.8 Å². The van der Waals surface area contributed by atoms with Crippen molar-refractivity contribution in [3.05, 3.63) is 47.4 Å². The Morgan fingerprint density at radius 2 is 1.97 bits per heavy atom. The molecule has 3 aromatic rings. The van der Waals surface area contributed by atoms with Crippen molar-refractivity contribution in [2.45, 2.75) is 65.0 Å². The maximum atomic E-state index is 12.3. The predicted octanol–water partition coefficient (Wildman–Crippen LogP) is 4.63. The summed E-state index contributed by atoms with van der Waals surface area (Å²) in [6.07, 6.45) is 5.73. The lowest BCUT2D eigenvalue weighted by molar-refractivity contribution is -0.00714. The second-order valence-electron chi connectivity index (χ2n) is 9.35. The first kappa shape index (κ1) is 22.9. The van der Waals surface area contributed by atoms with Crippen molar-refractivity contribution in [1.82, 2.24) is 15.0 Å². The van der Waals surface area contributed by atoms with Crippen LogP contribution in [0.5, 0.6) is 5.88 Å². The number of hydrogen-bond donors (Lipinski definition) is 2. The fraction of sp³-hybridized carbons (Fsp3) is 0.440. The first-order valence-corrected chi connectivity index (χ1v) is 11.3. The van der Waals surface area contributed by atoms with E-state index in [1.165, 1.54) is 0 Å². The van der Waals surface area contributed by atoms with Crippen LogP contribution in [0, 0.1) is 0 Å². The third-order valence-electron chi connectivity index (χ3n) is 5.94. The molecular formula is C25H31N5O3. The molecule has 0 bridgehead atoms. The highest BCUT2D eigenvalue weighted by atomic mass is 16.6. The summed E-state index contributed by atoms with van der Waals surface area (Å²) in [5, 5.41) is 5.02. The number of pyridine rings is 3. The minimum Gasteiger partial charge on any atom is -0.477 e.